The van der Waals surface area contributed by atoms with E-state index in [0.29, 0.717) is 13.0 Å². The van der Waals surface area contributed by atoms with Crippen LogP contribution < -0.4 is 5.32 Å². The van der Waals surface area contributed by atoms with Gasteiger partial charge in [0.1, 0.15) is 5.82 Å². The Kier molecular flexibility index (Phi) is 7.22. The van der Waals surface area contributed by atoms with Crippen molar-refractivity contribution in [2.24, 2.45) is 0 Å². The maximum atomic E-state index is 13.1. The summed E-state index contributed by atoms with van der Waals surface area (Å²) in [7, 11) is -3.75. The third-order valence-corrected chi connectivity index (χ3v) is 7.80. The lowest BCUT2D eigenvalue weighted by Crippen LogP contribution is -2.39. The molecule has 0 radical (unpaired) electrons. The van der Waals surface area contributed by atoms with Gasteiger partial charge in [0.25, 0.3) is 0 Å². The summed E-state index contributed by atoms with van der Waals surface area (Å²) in [5, 5.41) is 4.70. The van der Waals surface area contributed by atoms with Crippen molar-refractivity contribution < 1.29 is 22.4 Å². The highest BCUT2D eigenvalue weighted by Crippen LogP contribution is 2.24. The number of hydrogen-bond donors (Lipinski definition) is 1. The zero-order chi connectivity index (χ0) is 21.7. The fraction of sp³-hybridized carbons (Fsp3) is 0.400. The lowest BCUT2D eigenvalue weighted by molar-refractivity contribution is -0.131. The predicted octanol–water partition coefficient (Wildman–Crippen LogP) is 2.38. The highest BCUT2D eigenvalue weighted by molar-refractivity contribution is 7.89. The van der Waals surface area contributed by atoms with E-state index >= 15 is 0 Å². The Morgan fingerprint density at radius 3 is 2.50 bits per heavy atom. The second kappa shape index (κ2) is 9.67. The number of amides is 2. The van der Waals surface area contributed by atoms with Gasteiger partial charge in [0, 0.05) is 38.0 Å². The predicted molar refractivity (Wildman–Crippen MR) is 112 cm³/mol. The topological polar surface area (TPSA) is 86.8 Å². The molecule has 1 N–H and O–H groups in total. The minimum Gasteiger partial charge on any atom is -0.348 e. The fourth-order valence-electron chi connectivity index (χ4n) is 3.40. The molecule has 0 spiro atoms. The molecule has 1 aliphatic heterocycles. The first kappa shape index (κ1) is 22.4. The SMILES string of the molecule is CC(=O)NC(CC(=O)N1CCCN(S(=O)(=O)c2ccc(F)cc2)CC1)c1cccs1. The summed E-state index contributed by atoms with van der Waals surface area (Å²) in [6.07, 6.45) is 0.612. The third-order valence-electron chi connectivity index (χ3n) is 4.90. The Bertz CT molecular complexity index is 978. The Hall–Kier alpha value is -2.30. The summed E-state index contributed by atoms with van der Waals surface area (Å²) in [6, 6.07) is 8.06. The molecule has 1 saturated heterocycles. The van der Waals surface area contributed by atoms with E-state index < -0.39 is 21.9 Å². The lowest BCUT2D eigenvalue weighted by Gasteiger charge is -2.24. The molecule has 7 nitrogen and oxygen atoms in total. The number of halogens is 1. The molecule has 1 atom stereocenters. The Balaban J connectivity index is 1.66. The first-order valence-electron chi connectivity index (χ1n) is 9.61. The van der Waals surface area contributed by atoms with Crippen LogP contribution in [0, 0.1) is 5.82 Å². The van der Waals surface area contributed by atoms with Crippen molar-refractivity contribution in [3.8, 4) is 0 Å². The van der Waals surface area contributed by atoms with Crippen molar-refractivity contribution in [2.75, 3.05) is 26.2 Å². The average Bonchev–Trinajstić information content (AvgIpc) is 3.11. The van der Waals surface area contributed by atoms with E-state index in [1.54, 1.807) is 4.90 Å². The molecular weight excluding hydrogens is 429 g/mol. The van der Waals surface area contributed by atoms with Crippen LogP contribution in [-0.2, 0) is 19.6 Å². The number of hydrogen-bond acceptors (Lipinski definition) is 5. The minimum absolute atomic E-state index is 0.0343. The fourth-order valence-corrected chi connectivity index (χ4v) is 5.65. The van der Waals surface area contributed by atoms with Crippen molar-refractivity contribution in [1.82, 2.24) is 14.5 Å². The molecule has 0 bridgehead atoms. The van der Waals surface area contributed by atoms with Crippen molar-refractivity contribution in [3.63, 3.8) is 0 Å². The normalized spacial score (nSPS) is 16.7. The van der Waals surface area contributed by atoms with Gasteiger partial charge < -0.3 is 10.2 Å². The molecule has 2 aromatic rings. The average molecular weight is 454 g/mol. The molecule has 0 aliphatic carbocycles. The molecule has 1 aliphatic rings. The van der Waals surface area contributed by atoms with Gasteiger partial charge in [-0.05, 0) is 42.1 Å². The molecule has 2 amide bonds. The van der Waals surface area contributed by atoms with Gasteiger partial charge in [0.15, 0.2) is 0 Å². The maximum Gasteiger partial charge on any atom is 0.243 e. The van der Waals surface area contributed by atoms with Crippen molar-refractivity contribution in [1.29, 1.82) is 0 Å². The Morgan fingerprint density at radius 1 is 1.13 bits per heavy atom. The van der Waals surface area contributed by atoms with Gasteiger partial charge in [0.2, 0.25) is 21.8 Å². The number of benzene rings is 1. The van der Waals surface area contributed by atoms with Crippen LogP contribution in [0.25, 0.3) is 0 Å². The molecule has 3 rings (SSSR count). The molecular formula is C20H24FN3O4S2. The smallest absolute Gasteiger partial charge is 0.243 e. The summed E-state index contributed by atoms with van der Waals surface area (Å²) >= 11 is 1.47. The van der Waals surface area contributed by atoms with Crippen molar-refractivity contribution >= 4 is 33.2 Å². The van der Waals surface area contributed by atoms with E-state index in [2.05, 4.69) is 5.32 Å². The van der Waals surface area contributed by atoms with Gasteiger partial charge in [-0.3, -0.25) is 9.59 Å². The van der Waals surface area contributed by atoms with E-state index in [-0.39, 0.29) is 42.8 Å². The second-order valence-electron chi connectivity index (χ2n) is 7.06. The minimum atomic E-state index is -3.75. The number of carbonyl (C=O) groups excluding carboxylic acids is 2. The van der Waals surface area contributed by atoms with Crippen molar-refractivity contribution in [3.05, 3.63) is 52.5 Å². The summed E-state index contributed by atoms with van der Waals surface area (Å²) in [5.74, 6) is -0.849. The number of rotatable bonds is 6. The maximum absolute atomic E-state index is 13.1. The van der Waals surface area contributed by atoms with Crippen LogP contribution in [-0.4, -0.2) is 55.6 Å². The molecule has 1 unspecified atom stereocenters. The molecule has 30 heavy (non-hydrogen) atoms. The Morgan fingerprint density at radius 2 is 1.87 bits per heavy atom. The van der Waals surface area contributed by atoms with Gasteiger partial charge in [-0.1, -0.05) is 6.07 Å². The zero-order valence-electron chi connectivity index (χ0n) is 16.6. The van der Waals surface area contributed by atoms with Crippen LogP contribution in [0.15, 0.2) is 46.7 Å². The van der Waals surface area contributed by atoms with Gasteiger partial charge in [-0.25, -0.2) is 12.8 Å². The first-order chi connectivity index (χ1) is 14.3. The number of sulfonamides is 1. The molecule has 162 valence electrons. The summed E-state index contributed by atoms with van der Waals surface area (Å²) in [4.78, 5) is 27.0. The zero-order valence-corrected chi connectivity index (χ0v) is 18.2. The van der Waals surface area contributed by atoms with Crippen LogP contribution in [0.3, 0.4) is 0 Å². The van der Waals surface area contributed by atoms with E-state index in [1.807, 2.05) is 17.5 Å². The van der Waals surface area contributed by atoms with E-state index in [1.165, 1.54) is 34.7 Å². The van der Waals surface area contributed by atoms with Gasteiger partial charge in [-0.2, -0.15) is 4.31 Å². The van der Waals surface area contributed by atoms with E-state index in [0.717, 1.165) is 17.0 Å². The van der Waals surface area contributed by atoms with Crippen molar-refractivity contribution in [2.45, 2.75) is 30.7 Å². The van der Waals surface area contributed by atoms with E-state index in [9.17, 15) is 22.4 Å². The molecule has 1 fully saturated rings. The standard InChI is InChI=1S/C20H24FN3O4S2/c1-15(25)22-18(19-4-2-13-29-19)14-20(26)23-9-3-10-24(12-11-23)30(27,28)17-7-5-16(21)6-8-17/h2,4-8,13,18H,3,9-12,14H2,1H3,(H,22,25). The highest BCUT2D eigenvalue weighted by Gasteiger charge is 2.29. The summed E-state index contributed by atoms with van der Waals surface area (Å²) < 4.78 is 40.1. The van der Waals surface area contributed by atoms with Crippen LogP contribution >= 0.6 is 11.3 Å². The molecule has 1 aromatic carbocycles. The molecule has 2 heterocycles. The number of carbonyl (C=O) groups is 2. The Labute approximate surface area is 179 Å². The summed E-state index contributed by atoms with van der Waals surface area (Å²) in [6.45, 7) is 2.55. The van der Waals surface area contributed by atoms with Gasteiger partial charge in [0.05, 0.1) is 17.4 Å². The third kappa shape index (κ3) is 5.44. The molecule has 1 aromatic heterocycles. The lowest BCUT2D eigenvalue weighted by atomic mass is 10.1. The number of nitrogens with zero attached hydrogens (tertiary/aromatic N) is 2. The van der Waals surface area contributed by atoms with Crippen LogP contribution in [0.4, 0.5) is 4.39 Å². The highest BCUT2D eigenvalue weighted by atomic mass is 32.2. The summed E-state index contributed by atoms with van der Waals surface area (Å²) in [5.41, 5.74) is 0. The first-order valence-corrected chi connectivity index (χ1v) is 11.9. The van der Waals surface area contributed by atoms with Gasteiger partial charge in [-0.15, -0.1) is 11.3 Å². The molecule has 10 heteroatoms. The monoisotopic (exact) mass is 453 g/mol. The molecule has 0 saturated carbocycles. The second-order valence-corrected chi connectivity index (χ2v) is 9.98. The number of thiophene rings is 1. The van der Waals surface area contributed by atoms with Crippen LogP contribution in [0.2, 0.25) is 0 Å². The van der Waals surface area contributed by atoms with Crippen LogP contribution in [0.5, 0.6) is 0 Å². The largest absolute Gasteiger partial charge is 0.348 e. The van der Waals surface area contributed by atoms with E-state index in [4.69, 9.17) is 0 Å². The quantitative estimate of drug-likeness (QED) is 0.728. The number of nitrogens with one attached hydrogen (secondary N) is 1. The van der Waals surface area contributed by atoms with Gasteiger partial charge >= 0.3 is 0 Å². The van der Waals surface area contributed by atoms with Crippen LogP contribution in [0.1, 0.15) is 30.7 Å².